The van der Waals surface area contributed by atoms with Crippen LogP contribution in [0, 0.1) is 13.8 Å². The number of aliphatic imine (C=N–C) groups is 1. The van der Waals surface area contributed by atoms with E-state index in [0.29, 0.717) is 0 Å². The first-order valence-electron chi connectivity index (χ1n) is 9.33. The van der Waals surface area contributed by atoms with Crippen LogP contribution < -0.4 is 10.1 Å². The van der Waals surface area contributed by atoms with Crippen molar-refractivity contribution in [3.8, 4) is 5.75 Å². The standard InChI is InChI=1S/C21H36N3O/c1-15-13-18(21(3,4)5)20(25-12-11-24(6,7)8)16(2)17(15)14-19-22-9-10-23-19/h13H,9-12,14H2,1-8H3,(H,22,23)/q+1. The Morgan fingerprint density at radius 3 is 2.40 bits per heavy atom. The summed E-state index contributed by atoms with van der Waals surface area (Å²) >= 11 is 0. The Morgan fingerprint density at radius 1 is 1.20 bits per heavy atom. The lowest BCUT2D eigenvalue weighted by atomic mass is 9.82. The average Bonchev–Trinajstić information content (AvgIpc) is 2.96. The van der Waals surface area contributed by atoms with Gasteiger partial charge in [0.1, 0.15) is 24.7 Å². The number of likely N-dealkylation sites (N-methyl/N-ethyl adjacent to an activating group) is 1. The molecule has 0 atom stereocenters. The minimum absolute atomic E-state index is 0.0586. The highest BCUT2D eigenvalue weighted by Gasteiger charge is 2.24. The van der Waals surface area contributed by atoms with E-state index in [4.69, 9.17) is 4.74 Å². The predicted octanol–water partition coefficient (Wildman–Crippen LogP) is 3.23. The van der Waals surface area contributed by atoms with Gasteiger partial charge < -0.3 is 14.5 Å². The summed E-state index contributed by atoms with van der Waals surface area (Å²) < 4.78 is 7.26. The maximum Gasteiger partial charge on any atom is 0.137 e. The second-order valence-electron chi connectivity index (χ2n) is 9.22. The Kier molecular flexibility index (Phi) is 5.82. The smallest absolute Gasteiger partial charge is 0.137 e. The molecule has 140 valence electrons. The molecule has 0 amide bonds. The summed E-state index contributed by atoms with van der Waals surface area (Å²) in [6.45, 7) is 14.8. The fourth-order valence-corrected chi connectivity index (χ4v) is 3.17. The Bertz CT molecular complexity index is 649. The molecule has 0 spiro atoms. The summed E-state index contributed by atoms with van der Waals surface area (Å²) in [4.78, 5) is 4.57. The number of rotatable bonds is 6. The Balaban J connectivity index is 2.37. The maximum absolute atomic E-state index is 6.35. The van der Waals surface area contributed by atoms with Crippen LogP contribution in [0.2, 0.25) is 0 Å². The largest absolute Gasteiger partial charge is 0.487 e. The maximum atomic E-state index is 6.35. The Labute approximate surface area is 153 Å². The van der Waals surface area contributed by atoms with Crippen molar-refractivity contribution in [2.45, 2.75) is 46.5 Å². The van der Waals surface area contributed by atoms with Crippen molar-refractivity contribution in [3.05, 3.63) is 28.3 Å². The van der Waals surface area contributed by atoms with Gasteiger partial charge in [-0.3, -0.25) is 4.99 Å². The Morgan fingerprint density at radius 2 is 1.88 bits per heavy atom. The number of ether oxygens (including phenoxy) is 1. The van der Waals surface area contributed by atoms with E-state index < -0.39 is 0 Å². The molecular formula is C21H36N3O+. The summed E-state index contributed by atoms with van der Waals surface area (Å²) in [6.07, 6.45) is 0.869. The monoisotopic (exact) mass is 346 g/mol. The van der Waals surface area contributed by atoms with Crippen molar-refractivity contribution in [2.75, 3.05) is 47.4 Å². The van der Waals surface area contributed by atoms with Gasteiger partial charge in [-0.1, -0.05) is 26.8 Å². The lowest BCUT2D eigenvalue weighted by Gasteiger charge is -2.29. The third-order valence-corrected chi connectivity index (χ3v) is 4.78. The Hall–Kier alpha value is -1.55. The molecule has 0 saturated heterocycles. The first-order valence-corrected chi connectivity index (χ1v) is 9.33. The second-order valence-corrected chi connectivity index (χ2v) is 9.22. The van der Waals surface area contributed by atoms with E-state index in [2.05, 4.69) is 72.1 Å². The van der Waals surface area contributed by atoms with Crippen molar-refractivity contribution in [1.82, 2.24) is 5.32 Å². The molecule has 0 bridgehead atoms. The van der Waals surface area contributed by atoms with Crippen molar-refractivity contribution < 1.29 is 9.22 Å². The topological polar surface area (TPSA) is 33.6 Å². The number of quaternary nitrogens is 1. The van der Waals surface area contributed by atoms with Crippen LogP contribution in [0.4, 0.5) is 0 Å². The minimum Gasteiger partial charge on any atom is -0.487 e. The molecule has 25 heavy (non-hydrogen) atoms. The van der Waals surface area contributed by atoms with Crippen LogP contribution in [0.15, 0.2) is 11.1 Å². The molecule has 0 aromatic heterocycles. The van der Waals surface area contributed by atoms with Crippen LogP contribution in [0.1, 0.15) is 43.0 Å². The molecule has 0 aliphatic carbocycles. The third kappa shape index (κ3) is 5.21. The molecule has 1 N–H and O–H groups in total. The molecule has 0 fully saturated rings. The zero-order valence-corrected chi connectivity index (χ0v) is 17.4. The van der Waals surface area contributed by atoms with Crippen LogP contribution in [0.5, 0.6) is 5.75 Å². The highest BCUT2D eigenvalue weighted by molar-refractivity contribution is 5.86. The summed E-state index contributed by atoms with van der Waals surface area (Å²) in [5, 5.41) is 3.39. The quantitative estimate of drug-likeness (QED) is 0.803. The van der Waals surface area contributed by atoms with Gasteiger partial charge in [-0.2, -0.15) is 0 Å². The van der Waals surface area contributed by atoms with Crippen LogP contribution in [-0.2, 0) is 11.8 Å². The first-order chi connectivity index (χ1) is 11.5. The summed E-state index contributed by atoms with van der Waals surface area (Å²) in [5.41, 5.74) is 5.30. The number of amidine groups is 1. The number of nitrogens with zero attached hydrogens (tertiary/aromatic N) is 2. The van der Waals surface area contributed by atoms with E-state index in [0.717, 1.165) is 48.7 Å². The lowest BCUT2D eigenvalue weighted by Crippen LogP contribution is -2.38. The number of aryl methyl sites for hydroxylation is 1. The van der Waals surface area contributed by atoms with E-state index in [-0.39, 0.29) is 5.41 Å². The van der Waals surface area contributed by atoms with Crippen LogP contribution in [-0.4, -0.2) is 57.7 Å². The van der Waals surface area contributed by atoms with E-state index in [1.807, 2.05) is 0 Å². The fraction of sp³-hybridized carbons (Fsp3) is 0.667. The SMILES string of the molecule is Cc1cc(C(C)(C)C)c(OCC[N+](C)(C)C)c(C)c1CC1=NCCN1. The number of hydrogen-bond acceptors (Lipinski definition) is 3. The average molecular weight is 347 g/mol. The fourth-order valence-electron chi connectivity index (χ4n) is 3.17. The number of nitrogens with one attached hydrogen (secondary N) is 1. The molecule has 4 heteroatoms. The van der Waals surface area contributed by atoms with Gasteiger partial charge in [-0.05, 0) is 36.0 Å². The molecular weight excluding hydrogens is 310 g/mol. The molecule has 1 aliphatic heterocycles. The predicted molar refractivity (Wildman–Crippen MR) is 107 cm³/mol. The second kappa shape index (κ2) is 7.36. The summed E-state index contributed by atoms with van der Waals surface area (Å²) in [5.74, 6) is 2.17. The highest BCUT2D eigenvalue weighted by atomic mass is 16.5. The van der Waals surface area contributed by atoms with E-state index in [1.165, 1.54) is 22.3 Å². The van der Waals surface area contributed by atoms with Crippen LogP contribution in [0.3, 0.4) is 0 Å². The number of benzene rings is 1. The zero-order chi connectivity index (χ0) is 18.8. The van der Waals surface area contributed by atoms with Crippen LogP contribution in [0.25, 0.3) is 0 Å². The molecule has 1 aliphatic rings. The molecule has 0 saturated carbocycles. The van der Waals surface area contributed by atoms with Gasteiger partial charge in [0.25, 0.3) is 0 Å². The molecule has 0 unspecified atom stereocenters. The van der Waals surface area contributed by atoms with Crippen molar-refractivity contribution in [2.24, 2.45) is 4.99 Å². The van der Waals surface area contributed by atoms with Gasteiger partial charge >= 0.3 is 0 Å². The molecule has 1 heterocycles. The highest BCUT2D eigenvalue weighted by Crippen LogP contribution is 2.37. The molecule has 4 nitrogen and oxygen atoms in total. The molecule has 0 radical (unpaired) electrons. The van der Waals surface area contributed by atoms with Gasteiger partial charge in [0.2, 0.25) is 0 Å². The number of hydrogen-bond donors (Lipinski definition) is 1. The molecule has 1 aromatic rings. The summed E-state index contributed by atoms with van der Waals surface area (Å²) in [7, 11) is 6.60. The third-order valence-electron chi connectivity index (χ3n) is 4.78. The van der Waals surface area contributed by atoms with Crippen molar-refractivity contribution in [1.29, 1.82) is 0 Å². The van der Waals surface area contributed by atoms with Crippen molar-refractivity contribution in [3.63, 3.8) is 0 Å². The normalized spacial score (nSPS) is 15.1. The van der Waals surface area contributed by atoms with E-state index in [1.54, 1.807) is 0 Å². The van der Waals surface area contributed by atoms with E-state index in [9.17, 15) is 0 Å². The minimum atomic E-state index is 0.0586. The summed E-state index contributed by atoms with van der Waals surface area (Å²) in [6, 6.07) is 2.32. The van der Waals surface area contributed by atoms with Gasteiger partial charge in [-0.25, -0.2) is 0 Å². The van der Waals surface area contributed by atoms with Gasteiger partial charge in [0, 0.05) is 18.5 Å². The van der Waals surface area contributed by atoms with E-state index >= 15 is 0 Å². The zero-order valence-electron chi connectivity index (χ0n) is 17.4. The van der Waals surface area contributed by atoms with Gasteiger partial charge in [0.15, 0.2) is 0 Å². The van der Waals surface area contributed by atoms with Gasteiger partial charge in [-0.15, -0.1) is 0 Å². The molecule has 1 aromatic carbocycles. The van der Waals surface area contributed by atoms with Gasteiger partial charge in [0.05, 0.1) is 27.7 Å². The first kappa shape index (κ1) is 19.8. The van der Waals surface area contributed by atoms with Crippen molar-refractivity contribution >= 4 is 5.84 Å². The lowest BCUT2D eigenvalue weighted by molar-refractivity contribution is -0.870. The van der Waals surface area contributed by atoms with Crippen LogP contribution >= 0.6 is 0 Å². The molecule has 2 rings (SSSR count).